The minimum absolute atomic E-state index is 0.445. The average Bonchev–Trinajstić information content (AvgIpc) is 2.40. The molecule has 104 valence electrons. The number of urea groups is 1. The molecule has 0 spiro atoms. The van der Waals surface area contributed by atoms with E-state index in [0.29, 0.717) is 18.5 Å². The van der Waals surface area contributed by atoms with E-state index < -0.39 is 18.0 Å². The van der Waals surface area contributed by atoms with Crippen LogP contribution in [-0.4, -0.2) is 23.2 Å². The zero-order valence-corrected chi connectivity index (χ0v) is 12.0. The van der Waals surface area contributed by atoms with Crippen molar-refractivity contribution in [3.8, 4) is 0 Å². The quantitative estimate of drug-likeness (QED) is 0.493. The van der Waals surface area contributed by atoms with E-state index in [-0.39, 0.29) is 0 Å². The fourth-order valence-corrected chi connectivity index (χ4v) is 1.76. The Hall–Kier alpha value is -1.60. The molecule has 0 aliphatic heterocycles. The SMILES string of the molecule is CCCC(NC(=O)Nc1ccc(Br)cc1)C(=O)NO. The van der Waals surface area contributed by atoms with Gasteiger partial charge in [-0.2, -0.15) is 0 Å². The summed E-state index contributed by atoms with van der Waals surface area (Å²) in [5.74, 6) is -0.632. The van der Waals surface area contributed by atoms with Gasteiger partial charge in [0.05, 0.1) is 0 Å². The van der Waals surface area contributed by atoms with Crippen LogP contribution in [0.25, 0.3) is 0 Å². The Bertz CT molecular complexity index is 436. The number of rotatable bonds is 5. The lowest BCUT2D eigenvalue weighted by Gasteiger charge is -2.16. The summed E-state index contributed by atoms with van der Waals surface area (Å²) in [7, 11) is 0. The smallest absolute Gasteiger partial charge is 0.319 e. The number of benzene rings is 1. The molecule has 1 aromatic rings. The number of carbonyl (C=O) groups is 2. The molecule has 1 unspecified atom stereocenters. The molecule has 1 aromatic carbocycles. The summed E-state index contributed by atoms with van der Waals surface area (Å²) < 4.78 is 0.905. The maximum atomic E-state index is 11.7. The summed E-state index contributed by atoms with van der Waals surface area (Å²) in [6.07, 6.45) is 1.15. The van der Waals surface area contributed by atoms with Crippen molar-refractivity contribution in [1.29, 1.82) is 0 Å². The number of carbonyl (C=O) groups excluding carboxylic acids is 2. The van der Waals surface area contributed by atoms with E-state index >= 15 is 0 Å². The lowest BCUT2D eigenvalue weighted by atomic mass is 10.1. The van der Waals surface area contributed by atoms with E-state index in [2.05, 4.69) is 26.6 Å². The lowest BCUT2D eigenvalue weighted by molar-refractivity contribution is -0.131. The van der Waals surface area contributed by atoms with E-state index in [1.165, 1.54) is 5.48 Å². The van der Waals surface area contributed by atoms with Crippen molar-refractivity contribution < 1.29 is 14.8 Å². The fourth-order valence-electron chi connectivity index (χ4n) is 1.49. The summed E-state index contributed by atoms with van der Waals surface area (Å²) in [5, 5.41) is 13.7. The average molecular weight is 330 g/mol. The van der Waals surface area contributed by atoms with Crippen molar-refractivity contribution in [1.82, 2.24) is 10.8 Å². The predicted molar refractivity (Wildman–Crippen MR) is 74.9 cm³/mol. The second kappa shape index (κ2) is 7.75. The van der Waals surface area contributed by atoms with Crippen molar-refractivity contribution in [2.75, 3.05) is 5.32 Å². The number of halogens is 1. The molecular formula is C12H16BrN3O3. The van der Waals surface area contributed by atoms with Gasteiger partial charge in [-0.1, -0.05) is 29.3 Å². The third kappa shape index (κ3) is 5.27. The van der Waals surface area contributed by atoms with Crippen LogP contribution in [0.5, 0.6) is 0 Å². The van der Waals surface area contributed by atoms with Crippen LogP contribution in [0.4, 0.5) is 10.5 Å². The van der Waals surface area contributed by atoms with Crippen LogP contribution in [0.3, 0.4) is 0 Å². The maximum absolute atomic E-state index is 11.7. The summed E-state index contributed by atoms with van der Waals surface area (Å²) in [4.78, 5) is 23.0. The molecule has 1 rings (SSSR count). The van der Waals surface area contributed by atoms with E-state index in [0.717, 1.165) is 4.47 Å². The predicted octanol–water partition coefficient (Wildman–Crippen LogP) is 2.24. The minimum atomic E-state index is -0.759. The van der Waals surface area contributed by atoms with E-state index in [1.807, 2.05) is 6.92 Å². The van der Waals surface area contributed by atoms with Crippen LogP contribution in [0.2, 0.25) is 0 Å². The Kier molecular flexibility index (Phi) is 6.31. The van der Waals surface area contributed by atoms with Crippen LogP contribution in [0.1, 0.15) is 19.8 Å². The third-order valence-corrected chi connectivity index (χ3v) is 2.94. The number of anilines is 1. The van der Waals surface area contributed by atoms with Crippen LogP contribution in [-0.2, 0) is 4.79 Å². The van der Waals surface area contributed by atoms with Gasteiger partial charge in [0.15, 0.2) is 0 Å². The first kappa shape index (κ1) is 15.5. The monoisotopic (exact) mass is 329 g/mol. The van der Waals surface area contributed by atoms with Gasteiger partial charge >= 0.3 is 6.03 Å². The third-order valence-electron chi connectivity index (χ3n) is 2.41. The summed E-state index contributed by atoms with van der Waals surface area (Å²) >= 11 is 3.29. The zero-order valence-electron chi connectivity index (χ0n) is 10.4. The Labute approximate surface area is 119 Å². The van der Waals surface area contributed by atoms with Gasteiger partial charge in [0.25, 0.3) is 5.91 Å². The molecule has 6 nitrogen and oxygen atoms in total. The van der Waals surface area contributed by atoms with Gasteiger partial charge in [-0.3, -0.25) is 10.0 Å². The molecule has 0 fully saturated rings. The molecule has 0 aliphatic carbocycles. The topological polar surface area (TPSA) is 90.5 Å². The summed E-state index contributed by atoms with van der Waals surface area (Å²) in [6, 6.07) is 5.78. The first-order valence-corrected chi connectivity index (χ1v) is 6.63. The molecule has 0 saturated heterocycles. The van der Waals surface area contributed by atoms with Crippen molar-refractivity contribution in [2.45, 2.75) is 25.8 Å². The molecule has 0 bridgehead atoms. The van der Waals surface area contributed by atoms with Crippen molar-refractivity contribution in [3.05, 3.63) is 28.7 Å². The van der Waals surface area contributed by atoms with Crippen molar-refractivity contribution in [3.63, 3.8) is 0 Å². The number of hydrogen-bond donors (Lipinski definition) is 4. The fraction of sp³-hybridized carbons (Fsp3) is 0.333. The van der Waals surface area contributed by atoms with Gasteiger partial charge in [0.1, 0.15) is 6.04 Å². The van der Waals surface area contributed by atoms with Crippen LogP contribution < -0.4 is 16.1 Å². The highest BCUT2D eigenvalue weighted by Gasteiger charge is 2.19. The normalized spacial score (nSPS) is 11.5. The van der Waals surface area contributed by atoms with E-state index in [9.17, 15) is 9.59 Å². The Balaban J connectivity index is 2.57. The molecular weight excluding hydrogens is 314 g/mol. The maximum Gasteiger partial charge on any atom is 0.319 e. The molecule has 0 heterocycles. The zero-order chi connectivity index (χ0) is 14.3. The van der Waals surface area contributed by atoms with Gasteiger partial charge in [-0.25, -0.2) is 10.3 Å². The second-order valence-electron chi connectivity index (χ2n) is 3.92. The number of hydrogen-bond acceptors (Lipinski definition) is 3. The minimum Gasteiger partial charge on any atom is -0.326 e. The number of hydroxylamine groups is 1. The van der Waals surface area contributed by atoms with Gasteiger partial charge in [0.2, 0.25) is 0 Å². The Morgan fingerprint density at radius 2 is 1.95 bits per heavy atom. The highest BCUT2D eigenvalue weighted by Crippen LogP contribution is 2.13. The first-order chi connectivity index (χ1) is 9.06. The van der Waals surface area contributed by atoms with Gasteiger partial charge < -0.3 is 10.6 Å². The molecule has 19 heavy (non-hydrogen) atoms. The first-order valence-electron chi connectivity index (χ1n) is 5.83. The molecule has 0 aliphatic rings. The van der Waals surface area contributed by atoms with Crippen molar-refractivity contribution >= 4 is 33.6 Å². The second-order valence-corrected chi connectivity index (χ2v) is 4.84. The summed E-state index contributed by atoms with van der Waals surface area (Å²) in [6.45, 7) is 1.88. The molecule has 4 N–H and O–H groups in total. The Morgan fingerprint density at radius 3 is 2.47 bits per heavy atom. The lowest BCUT2D eigenvalue weighted by Crippen LogP contribution is -2.47. The van der Waals surface area contributed by atoms with E-state index in [4.69, 9.17) is 5.21 Å². The molecule has 3 amide bonds. The van der Waals surface area contributed by atoms with Gasteiger partial charge in [0, 0.05) is 10.2 Å². The van der Waals surface area contributed by atoms with Crippen LogP contribution in [0.15, 0.2) is 28.7 Å². The molecule has 1 atom stereocenters. The summed E-state index contributed by atoms with van der Waals surface area (Å²) in [5.41, 5.74) is 2.15. The van der Waals surface area contributed by atoms with Crippen LogP contribution in [0, 0.1) is 0 Å². The van der Waals surface area contributed by atoms with Gasteiger partial charge in [-0.05, 0) is 30.7 Å². The number of nitrogens with one attached hydrogen (secondary N) is 3. The van der Waals surface area contributed by atoms with E-state index in [1.54, 1.807) is 24.3 Å². The highest BCUT2D eigenvalue weighted by molar-refractivity contribution is 9.10. The van der Waals surface area contributed by atoms with Crippen molar-refractivity contribution in [2.24, 2.45) is 0 Å². The molecule has 0 aromatic heterocycles. The Morgan fingerprint density at radius 1 is 1.32 bits per heavy atom. The van der Waals surface area contributed by atoms with Crippen LogP contribution >= 0.6 is 15.9 Å². The number of amides is 3. The highest BCUT2D eigenvalue weighted by atomic mass is 79.9. The molecule has 0 saturated carbocycles. The van der Waals surface area contributed by atoms with Gasteiger partial charge in [-0.15, -0.1) is 0 Å². The standard InChI is InChI=1S/C12H16BrN3O3/c1-2-3-10(11(17)16-19)15-12(18)14-9-6-4-8(13)5-7-9/h4-7,10,19H,2-3H2,1H3,(H,16,17)(H2,14,15,18). The molecule has 0 radical (unpaired) electrons. The largest absolute Gasteiger partial charge is 0.326 e. The molecule has 7 heteroatoms.